The van der Waals surface area contributed by atoms with Gasteiger partial charge >= 0.3 is 6.09 Å². The van der Waals surface area contributed by atoms with Crippen molar-refractivity contribution in [3.05, 3.63) is 46.2 Å². The van der Waals surface area contributed by atoms with Gasteiger partial charge in [0.05, 0.1) is 17.5 Å². The summed E-state index contributed by atoms with van der Waals surface area (Å²) in [7, 11) is 0. The summed E-state index contributed by atoms with van der Waals surface area (Å²) in [6.45, 7) is 6.68. The highest BCUT2D eigenvalue weighted by molar-refractivity contribution is 5.73. The highest BCUT2D eigenvalue weighted by Crippen LogP contribution is 2.34. The van der Waals surface area contributed by atoms with E-state index in [0.29, 0.717) is 13.1 Å². The minimum absolute atomic E-state index is 0.0185. The third-order valence-electron chi connectivity index (χ3n) is 3.83. The van der Waals surface area contributed by atoms with E-state index in [-0.39, 0.29) is 17.8 Å². The van der Waals surface area contributed by atoms with E-state index in [9.17, 15) is 14.9 Å². The Kier molecular flexibility index (Phi) is 3.50. The van der Waals surface area contributed by atoms with Gasteiger partial charge in [-0.2, -0.15) is 0 Å². The van der Waals surface area contributed by atoms with Crippen LogP contribution in [0.1, 0.15) is 20.8 Å². The van der Waals surface area contributed by atoms with Crippen molar-refractivity contribution < 1.29 is 14.5 Å². The molecule has 2 aliphatic heterocycles. The Morgan fingerprint density at radius 2 is 1.96 bits per heavy atom. The van der Waals surface area contributed by atoms with Crippen LogP contribution in [-0.2, 0) is 4.74 Å². The van der Waals surface area contributed by atoms with Gasteiger partial charge in [0.15, 0.2) is 0 Å². The molecule has 2 aliphatic rings. The Morgan fingerprint density at radius 3 is 2.43 bits per heavy atom. The van der Waals surface area contributed by atoms with Crippen molar-refractivity contribution in [3.63, 3.8) is 0 Å². The fraction of sp³-hybridized carbons (Fsp3) is 0.438. The van der Waals surface area contributed by atoms with Crippen LogP contribution in [0.2, 0.25) is 0 Å². The van der Waals surface area contributed by atoms with Crippen LogP contribution in [0.15, 0.2) is 36.0 Å². The van der Waals surface area contributed by atoms with Crippen LogP contribution < -0.4 is 4.90 Å². The Labute approximate surface area is 134 Å². The predicted octanol–water partition coefficient (Wildman–Crippen LogP) is 2.92. The van der Waals surface area contributed by atoms with E-state index in [0.717, 1.165) is 11.4 Å². The molecule has 1 unspecified atom stereocenters. The van der Waals surface area contributed by atoms with Gasteiger partial charge in [-0.3, -0.25) is 15.0 Å². The molecule has 1 aromatic rings. The Balaban J connectivity index is 1.67. The molecule has 23 heavy (non-hydrogen) atoms. The lowest BCUT2D eigenvalue weighted by Gasteiger charge is -2.35. The van der Waals surface area contributed by atoms with Crippen molar-refractivity contribution >= 4 is 17.5 Å². The van der Waals surface area contributed by atoms with Gasteiger partial charge in [-0.15, -0.1) is 0 Å². The van der Waals surface area contributed by atoms with Crippen LogP contribution in [0.3, 0.4) is 0 Å². The molecule has 0 saturated carbocycles. The summed E-state index contributed by atoms with van der Waals surface area (Å²) in [5, 5.41) is 10.7. The second kappa shape index (κ2) is 5.26. The zero-order valence-corrected chi connectivity index (χ0v) is 13.4. The quantitative estimate of drug-likeness (QED) is 0.619. The molecule has 1 amide bonds. The van der Waals surface area contributed by atoms with Gasteiger partial charge in [0.25, 0.3) is 5.69 Å². The van der Waals surface area contributed by atoms with Crippen LogP contribution in [-0.4, -0.2) is 40.6 Å². The molecular formula is C16H19N3O4. The van der Waals surface area contributed by atoms with Gasteiger partial charge in [-0.1, -0.05) is 0 Å². The van der Waals surface area contributed by atoms with Crippen molar-refractivity contribution in [3.8, 4) is 0 Å². The van der Waals surface area contributed by atoms with E-state index < -0.39 is 10.5 Å². The van der Waals surface area contributed by atoms with Crippen LogP contribution in [0.25, 0.3) is 0 Å². The van der Waals surface area contributed by atoms with Crippen LogP contribution in [0, 0.1) is 10.1 Å². The maximum Gasteiger partial charge on any atom is 0.411 e. The van der Waals surface area contributed by atoms with Gasteiger partial charge in [-0.25, -0.2) is 4.79 Å². The van der Waals surface area contributed by atoms with E-state index in [1.54, 1.807) is 17.0 Å². The van der Waals surface area contributed by atoms with E-state index >= 15 is 0 Å². The molecule has 0 saturated heterocycles. The first kappa shape index (κ1) is 15.3. The first-order valence-corrected chi connectivity index (χ1v) is 7.47. The number of nitro benzene ring substituents is 1. The summed E-state index contributed by atoms with van der Waals surface area (Å²) in [4.78, 5) is 26.3. The topological polar surface area (TPSA) is 75.9 Å². The largest absolute Gasteiger partial charge is 0.444 e. The smallest absolute Gasteiger partial charge is 0.411 e. The summed E-state index contributed by atoms with van der Waals surface area (Å²) >= 11 is 0. The summed E-state index contributed by atoms with van der Waals surface area (Å²) in [6.07, 6.45) is 1.74. The van der Waals surface area contributed by atoms with Gasteiger partial charge < -0.3 is 9.64 Å². The molecule has 0 aliphatic carbocycles. The molecule has 7 heteroatoms. The molecule has 7 nitrogen and oxygen atoms in total. The number of amides is 1. The summed E-state index contributed by atoms with van der Waals surface area (Å²) in [5.41, 5.74) is 1.48. The molecule has 0 aromatic heterocycles. The number of fused-ring (bicyclic) bond motifs is 1. The third-order valence-corrected chi connectivity index (χ3v) is 3.83. The van der Waals surface area contributed by atoms with Crippen molar-refractivity contribution in [1.82, 2.24) is 4.90 Å². The molecule has 0 fully saturated rings. The molecule has 0 spiro atoms. The second-order valence-electron chi connectivity index (χ2n) is 6.72. The molecule has 0 N–H and O–H groups in total. The standard InChI is InChI=1S/C16H19N3O4/c1-16(2,3)23-15(20)18-10-13-8-14(18)9-17(13)11-4-6-12(7-5-11)19(21)22/h4-8,14H,9-10H2,1-3H3. The summed E-state index contributed by atoms with van der Waals surface area (Å²) in [6, 6.07) is 6.44. The molecule has 1 aromatic carbocycles. The summed E-state index contributed by atoms with van der Waals surface area (Å²) in [5.74, 6) is 0. The number of ether oxygens (including phenoxy) is 1. The fourth-order valence-corrected chi connectivity index (χ4v) is 2.83. The number of carbonyl (C=O) groups is 1. The Morgan fingerprint density at radius 1 is 1.30 bits per heavy atom. The molecular weight excluding hydrogens is 298 g/mol. The number of rotatable bonds is 2. The van der Waals surface area contributed by atoms with Gasteiger partial charge in [0, 0.05) is 30.1 Å². The molecule has 2 heterocycles. The first-order valence-electron chi connectivity index (χ1n) is 7.47. The number of carbonyl (C=O) groups excluding carboxylic acids is 1. The predicted molar refractivity (Wildman–Crippen MR) is 85.3 cm³/mol. The van der Waals surface area contributed by atoms with Crippen LogP contribution >= 0.6 is 0 Å². The third kappa shape index (κ3) is 2.99. The lowest BCUT2D eigenvalue weighted by atomic mass is 10.2. The van der Waals surface area contributed by atoms with Crippen molar-refractivity contribution in [2.24, 2.45) is 0 Å². The van der Waals surface area contributed by atoms with Crippen LogP contribution in [0.5, 0.6) is 0 Å². The molecule has 122 valence electrons. The average molecular weight is 317 g/mol. The van der Waals surface area contributed by atoms with Crippen molar-refractivity contribution in [2.45, 2.75) is 32.4 Å². The second-order valence-corrected chi connectivity index (χ2v) is 6.72. The number of hydrogen-bond donors (Lipinski definition) is 0. The SMILES string of the molecule is CC(C)(C)OC(=O)N1CC2=CC1CN2c1ccc([N+](=O)[O-])cc1. The molecule has 1 atom stereocenters. The van der Waals surface area contributed by atoms with Crippen molar-refractivity contribution in [1.29, 1.82) is 0 Å². The maximum absolute atomic E-state index is 12.2. The highest BCUT2D eigenvalue weighted by atomic mass is 16.6. The number of nitro groups is 1. The highest BCUT2D eigenvalue weighted by Gasteiger charge is 2.40. The maximum atomic E-state index is 12.2. The molecule has 2 bridgehead atoms. The number of non-ortho nitro benzene ring substituents is 1. The molecule has 3 rings (SSSR count). The van der Waals surface area contributed by atoms with Gasteiger partial charge in [0.2, 0.25) is 0 Å². The van der Waals surface area contributed by atoms with Gasteiger partial charge in [-0.05, 0) is 39.0 Å². The molecule has 0 radical (unpaired) electrons. The monoisotopic (exact) mass is 317 g/mol. The first-order chi connectivity index (χ1) is 10.7. The van der Waals surface area contributed by atoms with Gasteiger partial charge in [0.1, 0.15) is 5.60 Å². The lowest BCUT2D eigenvalue weighted by Crippen LogP contribution is -2.48. The van der Waals surface area contributed by atoms with E-state index in [2.05, 4.69) is 4.90 Å². The fourth-order valence-electron chi connectivity index (χ4n) is 2.83. The zero-order chi connectivity index (χ0) is 16.8. The minimum Gasteiger partial charge on any atom is -0.444 e. The number of anilines is 1. The number of benzene rings is 1. The lowest BCUT2D eigenvalue weighted by molar-refractivity contribution is -0.384. The van der Waals surface area contributed by atoms with E-state index in [1.165, 1.54) is 12.1 Å². The van der Waals surface area contributed by atoms with Crippen molar-refractivity contribution in [2.75, 3.05) is 18.0 Å². The Hall–Kier alpha value is -2.57. The van der Waals surface area contributed by atoms with E-state index in [4.69, 9.17) is 4.74 Å². The normalized spacial score (nSPS) is 19.8. The summed E-state index contributed by atoms with van der Waals surface area (Å²) < 4.78 is 5.42. The average Bonchev–Trinajstić information content (AvgIpc) is 3.05. The Bertz CT molecular complexity index is 676. The number of hydrogen-bond acceptors (Lipinski definition) is 5. The minimum atomic E-state index is -0.512. The zero-order valence-electron chi connectivity index (χ0n) is 13.4. The number of nitrogens with zero attached hydrogens (tertiary/aromatic N) is 3. The number of piperazine rings is 1. The van der Waals surface area contributed by atoms with E-state index in [1.807, 2.05) is 26.8 Å². The van der Waals surface area contributed by atoms with Crippen LogP contribution in [0.4, 0.5) is 16.2 Å².